The summed E-state index contributed by atoms with van der Waals surface area (Å²) in [6.07, 6.45) is 1.48. The minimum Gasteiger partial charge on any atom is -0.497 e. The van der Waals surface area contributed by atoms with E-state index in [9.17, 15) is 4.79 Å². The van der Waals surface area contributed by atoms with Crippen molar-refractivity contribution in [3.63, 3.8) is 0 Å². The summed E-state index contributed by atoms with van der Waals surface area (Å²) in [5, 5.41) is 3.29. The minimum atomic E-state index is -0.663. The Bertz CT molecular complexity index is 429. The molecule has 0 aromatic heterocycles. The van der Waals surface area contributed by atoms with Gasteiger partial charge in [0.05, 0.1) is 12.6 Å². The maximum absolute atomic E-state index is 11.7. The number of nitrogens with one attached hydrogen (secondary N) is 1. The smallest absolute Gasteiger partial charge is 0.237 e. The lowest BCUT2D eigenvalue weighted by molar-refractivity contribution is -0.124. The number of carbonyl (C=O) groups excluding carboxylic acids is 1. The van der Waals surface area contributed by atoms with Gasteiger partial charge in [0.25, 0.3) is 0 Å². The van der Waals surface area contributed by atoms with Crippen LogP contribution in [0.3, 0.4) is 0 Å². The highest BCUT2D eigenvalue weighted by atomic mass is 16.5. The van der Waals surface area contributed by atoms with Gasteiger partial charge in [0.15, 0.2) is 0 Å². The first-order valence-electron chi connectivity index (χ1n) is 7.05. The normalized spacial score (nSPS) is 14.1. The predicted octanol–water partition coefficient (Wildman–Crippen LogP) is 2.12. The molecule has 0 heterocycles. The molecule has 20 heavy (non-hydrogen) atoms. The van der Waals surface area contributed by atoms with Crippen molar-refractivity contribution in [2.24, 2.45) is 11.7 Å². The molecule has 0 aliphatic heterocycles. The number of nitrogens with two attached hydrogens (primary N) is 1. The van der Waals surface area contributed by atoms with Crippen LogP contribution in [0.2, 0.25) is 0 Å². The molecule has 0 spiro atoms. The molecule has 1 unspecified atom stereocenters. The van der Waals surface area contributed by atoms with Crippen molar-refractivity contribution < 1.29 is 9.53 Å². The first-order valence-corrected chi connectivity index (χ1v) is 7.05. The van der Waals surface area contributed by atoms with E-state index in [1.54, 1.807) is 7.11 Å². The molecule has 1 amide bonds. The van der Waals surface area contributed by atoms with E-state index in [2.05, 4.69) is 19.2 Å². The second-order valence-electron chi connectivity index (χ2n) is 5.82. The molecule has 0 saturated heterocycles. The topological polar surface area (TPSA) is 64.3 Å². The highest BCUT2D eigenvalue weighted by Gasteiger charge is 2.30. The second kappa shape index (κ2) is 7.29. The molecule has 1 rings (SSSR count). The maximum Gasteiger partial charge on any atom is 0.237 e. The SMILES string of the molecule is COc1ccc(CCC(C)(NCC(C)C)C(N)=O)cc1. The van der Waals surface area contributed by atoms with Crippen molar-refractivity contribution in [3.8, 4) is 5.75 Å². The van der Waals surface area contributed by atoms with Crippen LogP contribution >= 0.6 is 0 Å². The van der Waals surface area contributed by atoms with Crippen LogP contribution in [-0.2, 0) is 11.2 Å². The molecule has 1 aromatic carbocycles. The molecule has 1 aromatic rings. The molecular weight excluding hydrogens is 252 g/mol. The Morgan fingerprint density at radius 3 is 2.40 bits per heavy atom. The molecule has 0 bridgehead atoms. The molecule has 4 nitrogen and oxygen atoms in total. The van der Waals surface area contributed by atoms with Crippen LogP contribution in [0.5, 0.6) is 5.75 Å². The van der Waals surface area contributed by atoms with Gasteiger partial charge in [-0.1, -0.05) is 26.0 Å². The van der Waals surface area contributed by atoms with Crippen LogP contribution in [-0.4, -0.2) is 25.1 Å². The Balaban J connectivity index is 2.63. The van der Waals surface area contributed by atoms with E-state index < -0.39 is 5.54 Å². The predicted molar refractivity (Wildman–Crippen MR) is 81.8 cm³/mol. The quantitative estimate of drug-likeness (QED) is 0.765. The number of ether oxygens (including phenoxy) is 1. The fourth-order valence-electron chi connectivity index (χ4n) is 1.91. The average Bonchev–Trinajstić information content (AvgIpc) is 2.43. The Hall–Kier alpha value is -1.55. The van der Waals surface area contributed by atoms with Crippen molar-refractivity contribution in [1.82, 2.24) is 5.32 Å². The summed E-state index contributed by atoms with van der Waals surface area (Å²) >= 11 is 0. The molecule has 0 fully saturated rings. The molecule has 112 valence electrons. The Morgan fingerprint density at radius 2 is 1.95 bits per heavy atom. The van der Waals surface area contributed by atoms with Crippen LogP contribution in [0.1, 0.15) is 32.8 Å². The van der Waals surface area contributed by atoms with Crippen LogP contribution in [0.4, 0.5) is 0 Å². The molecule has 0 radical (unpaired) electrons. The molecule has 0 aliphatic carbocycles. The fraction of sp³-hybridized carbons (Fsp3) is 0.562. The Kier molecular flexibility index (Phi) is 6.02. The zero-order chi connectivity index (χ0) is 15.2. The molecule has 0 aliphatic rings. The third kappa shape index (κ3) is 4.85. The summed E-state index contributed by atoms with van der Waals surface area (Å²) in [7, 11) is 1.65. The van der Waals surface area contributed by atoms with Gasteiger partial charge in [-0.2, -0.15) is 0 Å². The van der Waals surface area contributed by atoms with Crippen LogP contribution in [0.25, 0.3) is 0 Å². The third-order valence-corrected chi connectivity index (χ3v) is 3.52. The molecule has 0 saturated carbocycles. The van der Waals surface area contributed by atoms with Gasteiger partial charge in [-0.3, -0.25) is 4.79 Å². The van der Waals surface area contributed by atoms with Gasteiger partial charge in [0, 0.05) is 0 Å². The fourth-order valence-corrected chi connectivity index (χ4v) is 1.91. The van der Waals surface area contributed by atoms with Gasteiger partial charge >= 0.3 is 0 Å². The first-order chi connectivity index (χ1) is 9.37. The van der Waals surface area contributed by atoms with E-state index in [0.717, 1.165) is 18.7 Å². The van der Waals surface area contributed by atoms with E-state index in [4.69, 9.17) is 10.5 Å². The summed E-state index contributed by atoms with van der Waals surface area (Å²) < 4.78 is 5.13. The van der Waals surface area contributed by atoms with Gasteiger partial charge in [-0.25, -0.2) is 0 Å². The Morgan fingerprint density at radius 1 is 1.35 bits per heavy atom. The number of aryl methyl sites for hydroxylation is 1. The van der Waals surface area contributed by atoms with Crippen molar-refractivity contribution >= 4 is 5.91 Å². The van der Waals surface area contributed by atoms with Crippen molar-refractivity contribution in [1.29, 1.82) is 0 Å². The van der Waals surface area contributed by atoms with Gasteiger partial charge in [-0.05, 0) is 49.9 Å². The monoisotopic (exact) mass is 278 g/mol. The van der Waals surface area contributed by atoms with E-state index >= 15 is 0 Å². The van der Waals surface area contributed by atoms with Crippen LogP contribution < -0.4 is 15.8 Å². The van der Waals surface area contributed by atoms with Gasteiger partial charge in [0.2, 0.25) is 5.91 Å². The van der Waals surface area contributed by atoms with Crippen molar-refractivity contribution in [3.05, 3.63) is 29.8 Å². The number of carbonyl (C=O) groups is 1. The van der Waals surface area contributed by atoms with Crippen molar-refractivity contribution in [2.45, 2.75) is 39.2 Å². The van der Waals surface area contributed by atoms with Gasteiger partial charge < -0.3 is 15.8 Å². The lowest BCUT2D eigenvalue weighted by Crippen LogP contribution is -2.54. The number of hydrogen-bond donors (Lipinski definition) is 2. The average molecular weight is 278 g/mol. The standard InChI is InChI=1S/C16H26N2O2/c1-12(2)11-18-16(3,15(17)19)10-9-13-5-7-14(20-4)8-6-13/h5-8,12,18H,9-11H2,1-4H3,(H2,17,19). The van der Waals surface area contributed by atoms with Crippen molar-refractivity contribution in [2.75, 3.05) is 13.7 Å². The number of hydrogen-bond acceptors (Lipinski definition) is 3. The highest BCUT2D eigenvalue weighted by molar-refractivity contribution is 5.84. The summed E-state index contributed by atoms with van der Waals surface area (Å²) in [5.41, 5.74) is 6.05. The lowest BCUT2D eigenvalue weighted by Gasteiger charge is -2.28. The summed E-state index contributed by atoms with van der Waals surface area (Å²) in [6.45, 7) is 6.87. The first kappa shape index (κ1) is 16.5. The van der Waals surface area contributed by atoms with Crippen LogP contribution in [0.15, 0.2) is 24.3 Å². The number of methoxy groups -OCH3 is 1. The molecule has 3 N–H and O–H groups in total. The van der Waals surface area contributed by atoms with Gasteiger partial charge in [-0.15, -0.1) is 0 Å². The summed E-state index contributed by atoms with van der Waals surface area (Å²) in [4.78, 5) is 11.7. The maximum atomic E-state index is 11.7. The van der Waals surface area contributed by atoms with E-state index in [1.807, 2.05) is 31.2 Å². The van der Waals surface area contributed by atoms with Gasteiger partial charge in [0.1, 0.15) is 5.75 Å². The zero-order valence-electron chi connectivity index (χ0n) is 12.9. The largest absolute Gasteiger partial charge is 0.497 e. The molecular formula is C16H26N2O2. The Labute approximate surface area is 121 Å². The number of rotatable bonds is 8. The van der Waals surface area contributed by atoms with E-state index in [0.29, 0.717) is 12.3 Å². The number of primary amides is 1. The highest BCUT2D eigenvalue weighted by Crippen LogP contribution is 2.17. The summed E-state index contributed by atoms with van der Waals surface area (Å²) in [6, 6.07) is 7.89. The molecule has 1 atom stereocenters. The number of benzene rings is 1. The molecule has 4 heteroatoms. The minimum absolute atomic E-state index is 0.299. The third-order valence-electron chi connectivity index (χ3n) is 3.52. The lowest BCUT2D eigenvalue weighted by atomic mass is 9.92. The summed E-state index contributed by atoms with van der Waals surface area (Å²) in [5.74, 6) is 1.02. The van der Waals surface area contributed by atoms with E-state index in [-0.39, 0.29) is 5.91 Å². The van der Waals surface area contributed by atoms with Crippen LogP contribution in [0, 0.1) is 5.92 Å². The van der Waals surface area contributed by atoms with E-state index in [1.165, 1.54) is 5.56 Å². The number of amides is 1. The second-order valence-corrected chi connectivity index (χ2v) is 5.82. The zero-order valence-corrected chi connectivity index (χ0v) is 12.9.